The van der Waals surface area contributed by atoms with E-state index < -0.39 is 96.6 Å². The molecule has 4 N–H and O–H groups in total. The number of carboxylic acid groups (broad SMARTS) is 8. The van der Waals surface area contributed by atoms with Crippen LogP contribution in [0.3, 0.4) is 0 Å². The summed E-state index contributed by atoms with van der Waals surface area (Å²) < 4.78 is 0. The predicted molar refractivity (Wildman–Crippen MR) is 89.1 cm³/mol. The Morgan fingerprint density at radius 3 is 0.450 bits per heavy atom. The molecule has 0 atom stereocenters. The molecule has 24 heteroatoms. The largest absolute Gasteiger partial charge is 1.00 e. The maximum absolute atomic E-state index is 9.93. The molecule has 20 nitrogen and oxygen atoms in total. The van der Waals surface area contributed by atoms with Gasteiger partial charge in [-0.1, -0.05) is 0 Å². The number of ketones is 4. The zero-order valence-electron chi connectivity index (χ0n) is 21.1. The Morgan fingerprint density at radius 2 is 0.425 bits per heavy atom. The summed E-state index contributed by atoms with van der Waals surface area (Å²) in [6, 6.07) is 0. The smallest absolute Gasteiger partial charge is 0.550 e. The number of hydrogen-bond donors (Lipinski definition) is 4. The zero-order valence-corrected chi connectivity index (χ0v) is 29.1. The molecule has 0 aromatic carbocycles. The molecule has 0 radical (unpaired) electrons. The first-order valence-corrected chi connectivity index (χ1v) is 7.99. The summed E-state index contributed by atoms with van der Waals surface area (Å²) in [5, 5.41) is 69.2. The molecule has 0 aliphatic rings. The first-order chi connectivity index (χ1) is 16.1. The number of carbonyl (C=O) groups excluding carboxylic acids is 8. The monoisotopic (exact) mass is 616 g/mol. The molecule has 0 amide bonds. The number of Topliss-reactive ketones (excluding diaryl/α,β-unsaturated/α-hetero) is 4. The van der Waals surface area contributed by atoms with Crippen LogP contribution in [0.1, 0.15) is 25.7 Å². The fourth-order valence-corrected chi connectivity index (χ4v) is 0.827. The van der Waals surface area contributed by atoms with Crippen molar-refractivity contribution in [1.82, 2.24) is 0 Å². The second kappa shape index (κ2) is 33.6. The third-order valence-electron chi connectivity index (χ3n) is 2.17. The topological polar surface area (TPSA) is 378 Å². The molecule has 0 aromatic rings. The summed E-state index contributed by atoms with van der Waals surface area (Å²) in [4.78, 5) is 116. The van der Waals surface area contributed by atoms with Gasteiger partial charge >= 0.3 is 142 Å². The Bertz CT molecular complexity index is 804. The fourth-order valence-electron chi connectivity index (χ4n) is 0.827. The molecule has 200 valence electrons. The second-order valence-electron chi connectivity index (χ2n) is 5.11. The molecule has 0 saturated carbocycles. The van der Waals surface area contributed by atoms with E-state index in [0.29, 0.717) is 0 Å². The van der Waals surface area contributed by atoms with Gasteiger partial charge in [0.05, 0.1) is 25.7 Å². The van der Waals surface area contributed by atoms with Gasteiger partial charge in [-0.3, -0.25) is 19.2 Å². The molecule has 0 heterocycles. The van der Waals surface area contributed by atoms with Gasteiger partial charge in [-0.2, -0.15) is 0 Å². The van der Waals surface area contributed by atoms with Gasteiger partial charge < -0.3 is 60.0 Å². The van der Waals surface area contributed by atoms with Gasteiger partial charge in [0.1, 0.15) is 0 Å². The molecular weight excluding hydrogens is 604 g/mol. The van der Waals surface area contributed by atoms with Crippen LogP contribution in [0.2, 0.25) is 0 Å². The number of hydrogen-bond acceptors (Lipinski definition) is 16. The summed E-state index contributed by atoms with van der Waals surface area (Å²) in [6.07, 6.45) is -4.24. The van der Waals surface area contributed by atoms with Crippen molar-refractivity contribution in [2.75, 3.05) is 0 Å². The number of carboxylic acids is 8. The van der Waals surface area contributed by atoms with Crippen molar-refractivity contribution in [1.29, 1.82) is 0 Å². The summed E-state index contributed by atoms with van der Waals surface area (Å²) in [7, 11) is 0. The zero-order chi connectivity index (χ0) is 29.8. The van der Waals surface area contributed by atoms with Crippen molar-refractivity contribution in [3.63, 3.8) is 0 Å². The van der Waals surface area contributed by atoms with Gasteiger partial charge in [0, 0.05) is 23.9 Å². The average molecular weight is 616 g/mol. The summed E-state index contributed by atoms with van der Waals surface area (Å²) in [5.74, 6) is -19.2. The molecule has 0 aliphatic heterocycles. The van der Waals surface area contributed by atoms with E-state index in [-0.39, 0.29) is 118 Å². The third-order valence-corrected chi connectivity index (χ3v) is 2.17. The van der Waals surface area contributed by atoms with E-state index in [1.165, 1.54) is 0 Å². The molecule has 0 bridgehead atoms. The summed E-state index contributed by atoms with van der Waals surface area (Å²) >= 11 is 0. The van der Waals surface area contributed by atoms with Crippen molar-refractivity contribution >= 4 is 70.9 Å². The minimum absolute atomic E-state index is 0. The van der Waals surface area contributed by atoms with Crippen LogP contribution in [0.4, 0.5) is 0 Å². The second-order valence-corrected chi connectivity index (χ2v) is 5.11. The minimum atomic E-state index is -1.75. The van der Waals surface area contributed by atoms with Crippen molar-refractivity contribution in [3.05, 3.63) is 0 Å². The van der Waals surface area contributed by atoms with E-state index in [2.05, 4.69) is 0 Å². The average Bonchev–Trinajstić information content (AvgIpc) is 2.67. The van der Waals surface area contributed by atoms with E-state index in [9.17, 15) is 78.0 Å². The van der Waals surface area contributed by atoms with Crippen LogP contribution in [-0.4, -0.2) is 91.3 Å². The van der Waals surface area contributed by atoms with E-state index in [4.69, 9.17) is 20.4 Å². The SMILES string of the molecule is O=C([O-])CC(=O)C(=O)O.O=C([O-])CC(=O)C(=O)O.O=C([O-])CC(=O)C(=O)O.O=C([O-])CC(=O)C(=O)O.[Na+].[Na+].[Na+].[Na+]. The van der Waals surface area contributed by atoms with Crippen LogP contribution in [0.15, 0.2) is 0 Å². The third kappa shape index (κ3) is 49.4. The van der Waals surface area contributed by atoms with Gasteiger partial charge in [0.2, 0.25) is 23.1 Å². The van der Waals surface area contributed by atoms with E-state index >= 15 is 0 Å². The van der Waals surface area contributed by atoms with Crippen LogP contribution < -0.4 is 139 Å². The van der Waals surface area contributed by atoms with Gasteiger partial charge in [-0.25, -0.2) is 19.2 Å². The minimum Gasteiger partial charge on any atom is -0.550 e. The Kier molecular flexibility index (Phi) is 48.9. The number of carbonyl (C=O) groups is 12. The molecule has 0 spiro atoms. The van der Waals surface area contributed by atoms with Crippen molar-refractivity contribution in [2.24, 2.45) is 0 Å². The van der Waals surface area contributed by atoms with Crippen LogP contribution in [0.25, 0.3) is 0 Å². The molecule has 0 rings (SSSR count). The normalized spacial score (nSPS) is 7.60. The van der Waals surface area contributed by atoms with Crippen LogP contribution in [0.5, 0.6) is 0 Å². The van der Waals surface area contributed by atoms with E-state index in [1.807, 2.05) is 0 Å². The van der Waals surface area contributed by atoms with E-state index in [0.717, 1.165) is 0 Å². The Hall–Kier alpha value is -1.56. The number of aliphatic carboxylic acids is 8. The van der Waals surface area contributed by atoms with Crippen LogP contribution in [0, 0.1) is 0 Å². The molecule has 40 heavy (non-hydrogen) atoms. The molecule has 0 fully saturated rings. The van der Waals surface area contributed by atoms with Gasteiger partial charge in [0.15, 0.2) is 0 Å². The standard InChI is InChI=1S/4C4H4O5.4Na/c4*5-2(4(8)9)1-3(6)7;;;;/h4*1H2,(H,6,7)(H,8,9);;;;/q;;;;4*+1/p-4. The molecule has 0 aliphatic carbocycles. The number of rotatable bonds is 12. The molecule has 0 aromatic heterocycles. The summed E-state index contributed by atoms with van der Waals surface area (Å²) in [5.41, 5.74) is 0. The van der Waals surface area contributed by atoms with Crippen molar-refractivity contribution in [3.8, 4) is 0 Å². The van der Waals surface area contributed by atoms with Gasteiger partial charge in [-0.05, 0) is 0 Å². The van der Waals surface area contributed by atoms with E-state index in [1.54, 1.807) is 0 Å². The quantitative estimate of drug-likeness (QED) is 0.0897. The van der Waals surface area contributed by atoms with Crippen molar-refractivity contribution < 1.29 is 217 Å². The van der Waals surface area contributed by atoms with Crippen molar-refractivity contribution in [2.45, 2.75) is 25.7 Å². The van der Waals surface area contributed by atoms with Gasteiger partial charge in [0.25, 0.3) is 0 Å². The first-order valence-electron chi connectivity index (χ1n) is 7.99. The van der Waals surface area contributed by atoms with Crippen LogP contribution in [-0.2, 0) is 57.5 Å². The Balaban J connectivity index is -0.0000000551. The first kappa shape index (κ1) is 58.2. The van der Waals surface area contributed by atoms with Crippen LogP contribution >= 0.6 is 0 Å². The predicted octanol–water partition coefficient (Wildman–Crippen LogP) is -20.9. The Morgan fingerprint density at radius 1 is 0.325 bits per heavy atom. The Labute approximate surface area is 309 Å². The maximum atomic E-state index is 9.93. The molecule has 0 unspecified atom stereocenters. The molecule has 0 saturated heterocycles. The molecular formula is C16H12Na4O20. The maximum Gasteiger partial charge on any atom is 1.00 e. The fraction of sp³-hybridized carbons (Fsp3) is 0.250. The van der Waals surface area contributed by atoms with Gasteiger partial charge in [-0.15, -0.1) is 0 Å². The summed E-state index contributed by atoms with van der Waals surface area (Å²) in [6.45, 7) is 0.